The number of thioether (sulfide) groups is 1. The number of nitrogens with one attached hydrogen (secondary N) is 2. The third-order valence-corrected chi connectivity index (χ3v) is 6.66. The summed E-state index contributed by atoms with van der Waals surface area (Å²) in [6, 6.07) is 15.7. The van der Waals surface area contributed by atoms with Gasteiger partial charge in [-0.3, -0.25) is 9.59 Å². The molecule has 1 atom stereocenters. The molecule has 0 aliphatic heterocycles. The van der Waals surface area contributed by atoms with Gasteiger partial charge in [-0.1, -0.05) is 17.7 Å². The highest BCUT2D eigenvalue weighted by molar-refractivity contribution is 8.00. The van der Waals surface area contributed by atoms with E-state index < -0.39 is 5.25 Å². The van der Waals surface area contributed by atoms with Crippen molar-refractivity contribution >= 4 is 46.6 Å². The fraction of sp³-hybridized carbons (Fsp3) is 0.231. The predicted molar refractivity (Wildman–Crippen MR) is 141 cm³/mol. The maximum atomic E-state index is 12.8. The zero-order valence-electron chi connectivity index (χ0n) is 20.1. The quantitative estimate of drug-likeness (QED) is 0.338. The zero-order chi connectivity index (χ0) is 25.5. The molecule has 0 aromatic heterocycles. The summed E-state index contributed by atoms with van der Waals surface area (Å²) >= 11 is 7.52. The summed E-state index contributed by atoms with van der Waals surface area (Å²) in [7, 11) is 4.58. The largest absolute Gasteiger partial charge is 0.495 e. The van der Waals surface area contributed by atoms with Gasteiger partial charge in [-0.2, -0.15) is 0 Å². The monoisotopic (exact) mass is 514 g/mol. The van der Waals surface area contributed by atoms with Gasteiger partial charge in [0.1, 0.15) is 5.75 Å². The Labute approximate surface area is 214 Å². The SMILES string of the molecule is COc1cc(Cl)c(C)cc1NC(=O)C(C)Sc1cccc(NC(=O)c2ccc(OC)c(OC)c2)c1. The van der Waals surface area contributed by atoms with Crippen LogP contribution < -0.4 is 24.8 Å². The third-order valence-electron chi connectivity index (χ3n) is 5.16. The van der Waals surface area contributed by atoms with Gasteiger partial charge >= 0.3 is 0 Å². The van der Waals surface area contributed by atoms with E-state index in [2.05, 4.69) is 10.6 Å². The fourth-order valence-electron chi connectivity index (χ4n) is 3.25. The Morgan fingerprint density at radius 1 is 0.886 bits per heavy atom. The van der Waals surface area contributed by atoms with E-state index in [0.29, 0.717) is 39.2 Å². The maximum absolute atomic E-state index is 12.8. The number of aryl methyl sites for hydroxylation is 1. The Balaban J connectivity index is 1.67. The summed E-state index contributed by atoms with van der Waals surface area (Å²) in [5.41, 5.74) is 2.43. The second-order valence-electron chi connectivity index (χ2n) is 7.60. The van der Waals surface area contributed by atoms with E-state index in [-0.39, 0.29) is 11.8 Å². The lowest BCUT2D eigenvalue weighted by atomic mass is 10.2. The van der Waals surface area contributed by atoms with Crippen LogP contribution in [0.3, 0.4) is 0 Å². The number of methoxy groups -OCH3 is 3. The molecule has 9 heteroatoms. The Bertz CT molecular complexity index is 1230. The average molecular weight is 515 g/mol. The highest BCUT2D eigenvalue weighted by Gasteiger charge is 2.18. The molecule has 2 amide bonds. The molecule has 2 N–H and O–H groups in total. The number of halogens is 1. The molecule has 3 aromatic carbocycles. The van der Waals surface area contributed by atoms with Crippen molar-refractivity contribution in [1.82, 2.24) is 0 Å². The number of anilines is 2. The summed E-state index contributed by atoms with van der Waals surface area (Å²) in [5.74, 6) is 1.03. The third kappa shape index (κ3) is 6.61. The molecule has 0 saturated carbocycles. The van der Waals surface area contributed by atoms with E-state index in [1.807, 2.05) is 32.0 Å². The van der Waals surface area contributed by atoms with Crippen LogP contribution in [0.5, 0.6) is 17.2 Å². The van der Waals surface area contributed by atoms with E-state index in [1.54, 1.807) is 36.4 Å². The normalized spacial score (nSPS) is 11.4. The summed E-state index contributed by atoms with van der Waals surface area (Å²) < 4.78 is 15.8. The van der Waals surface area contributed by atoms with Crippen LogP contribution in [0.25, 0.3) is 0 Å². The number of carbonyl (C=O) groups excluding carboxylic acids is 2. The maximum Gasteiger partial charge on any atom is 0.255 e. The summed E-state index contributed by atoms with van der Waals surface area (Å²) in [6.45, 7) is 3.67. The van der Waals surface area contributed by atoms with Gasteiger partial charge in [0.2, 0.25) is 5.91 Å². The summed E-state index contributed by atoms with van der Waals surface area (Å²) in [5, 5.41) is 5.94. The molecule has 0 aliphatic rings. The molecular weight excluding hydrogens is 488 g/mol. The molecule has 184 valence electrons. The Kier molecular flexibility index (Phi) is 8.89. The molecule has 0 aliphatic carbocycles. The molecule has 0 fully saturated rings. The Morgan fingerprint density at radius 2 is 1.60 bits per heavy atom. The van der Waals surface area contributed by atoms with Crippen LogP contribution in [-0.4, -0.2) is 38.4 Å². The second kappa shape index (κ2) is 11.9. The predicted octanol–water partition coefficient (Wildman–Crippen LogP) is 6.05. The molecule has 0 radical (unpaired) electrons. The Morgan fingerprint density at radius 3 is 2.29 bits per heavy atom. The first-order valence-electron chi connectivity index (χ1n) is 10.7. The summed E-state index contributed by atoms with van der Waals surface area (Å²) in [4.78, 5) is 26.4. The molecule has 3 rings (SSSR count). The van der Waals surface area contributed by atoms with Gasteiger partial charge in [0, 0.05) is 27.2 Å². The molecule has 0 bridgehead atoms. The zero-order valence-corrected chi connectivity index (χ0v) is 21.7. The minimum atomic E-state index is -0.410. The van der Waals surface area contributed by atoms with Crippen LogP contribution in [-0.2, 0) is 4.79 Å². The molecule has 7 nitrogen and oxygen atoms in total. The van der Waals surface area contributed by atoms with E-state index in [4.69, 9.17) is 25.8 Å². The number of amides is 2. The van der Waals surface area contributed by atoms with Crippen LogP contribution in [0.2, 0.25) is 5.02 Å². The first-order chi connectivity index (χ1) is 16.7. The van der Waals surface area contributed by atoms with Crippen LogP contribution in [0.4, 0.5) is 11.4 Å². The van der Waals surface area contributed by atoms with Crippen molar-refractivity contribution in [1.29, 1.82) is 0 Å². The Hall–Kier alpha value is -3.36. The van der Waals surface area contributed by atoms with E-state index in [0.717, 1.165) is 10.5 Å². The van der Waals surface area contributed by atoms with Gasteiger partial charge in [0.05, 0.1) is 32.3 Å². The van der Waals surface area contributed by atoms with E-state index in [9.17, 15) is 9.59 Å². The number of benzene rings is 3. The highest BCUT2D eigenvalue weighted by atomic mass is 35.5. The molecule has 0 heterocycles. The standard InChI is InChI=1S/C26H27ClN2O5S/c1-15-11-21(23(33-4)14-20(15)27)29-25(30)16(2)35-19-8-6-7-18(13-19)28-26(31)17-9-10-22(32-3)24(12-17)34-5/h6-14,16H,1-5H3,(H,28,31)(H,29,30). The summed E-state index contributed by atoms with van der Waals surface area (Å²) in [6.07, 6.45) is 0. The van der Waals surface area contributed by atoms with Crippen LogP contribution in [0.1, 0.15) is 22.8 Å². The van der Waals surface area contributed by atoms with Crippen molar-refractivity contribution in [2.45, 2.75) is 24.0 Å². The van der Waals surface area contributed by atoms with Crippen molar-refractivity contribution < 1.29 is 23.8 Å². The van der Waals surface area contributed by atoms with Crippen LogP contribution in [0.15, 0.2) is 59.5 Å². The van der Waals surface area contributed by atoms with Gasteiger partial charge in [-0.15, -0.1) is 11.8 Å². The van der Waals surface area contributed by atoms with Gasteiger partial charge in [0.15, 0.2) is 11.5 Å². The average Bonchev–Trinajstić information content (AvgIpc) is 2.85. The topological polar surface area (TPSA) is 85.9 Å². The molecule has 0 spiro atoms. The van der Waals surface area contributed by atoms with Crippen LogP contribution in [0, 0.1) is 6.92 Å². The number of ether oxygens (including phenoxy) is 3. The first kappa shape index (κ1) is 26.2. The number of carbonyl (C=O) groups is 2. The van der Waals surface area contributed by atoms with Crippen molar-refractivity contribution in [2.75, 3.05) is 32.0 Å². The van der Waals surface area contributed by atoms with E-state index in [1.165, 1.54) is 33.1 Å². The lowest BCUT2D eigenvalue weighted by Crippen LogP contribution is -2.22. The van der Waals surface area contributed by atoms with Crippen molar-refractivity contribution in [3.05, 3.63) is 70.7 Å². The second-order valence-corrected chi connectivity index (χ2v) is 9.42. The van der Waals surface area contributed by atoms with Crippen LogP contribution >= 0.6 is 23.4 Å². The lowest BCUT2D eigenvalue weighted by molar-refractivity contribution is -0.115. The van der Waals surface area contributed by atoms with E-state index >= 15 is 0 Å². The first-order valence-corrected chi connectivity index (χ1v) is 12.0. The van der Waals surface area contributed by atoms with Gasteiger partial charge < -0.3 is 24.8 Å². The highest BCUT2D eigenvalue weighted by Crippen LogP contribution is 2.33. The van der Waals surface area contributed by atoms with Gasteiger partial charge in [-0.25, -0.2) is 0 Å². The molecular formula is C26H27ClN2O5S. The minimum Gasteiger partial charge on any atom is -0.495 e. The molecule has 0 saturated heterocycles. The number of rotatable bonds is 9. The number of hydrogen-bond acceptors (Lipinski definition) is 6. The van der Waals surface area contributed by atoms with Gasteiger partial charge in [0.25, 0.3) is 5.91 Å². The molecule has 3 aromatic rings. The van der Waals surface area contributed by atoms with Crippen molar-refractivity contribution in [2.24, 2.45) is 0 Å². The van der Waals surface area contributed by atoms with Gasteiger partial charge in [-0.05, 0) is 61.9 Å². The molecule has 1 unspecified atom stereocenters. The van der Waals surface area contributed by atoms with Crippen molar-refractivity contribution in [3.8, 4) is 17.2 Å². The number of hydrogen-bond donors (Lipinski definition) is 2. The smallest absolute Gasteiger partial charge is 0.255 e. The lowest BCUT2D eigenvalue weighted by Gasteiger charge is -2.16. The minimum absolute atomic E-state index is 0.185. The fourth-order valence-corrected chi connectivity index (χ4v) is 4.33. The van der Waals surface area contributed by atoms with Crippen molar-refractivity contribution in [3.63, 3.8) is 0 Å². The molecule has 35 heavy (non-hydrogen) atoms.